The fourth-order valence-electron chi connectivity index (χ4n) is 2.78. The zero-order valence-corrected chi connectivity index (χ0v) is 12.9. The number of imidazole rings is 1. The maximum Gasteiger partial charge on any atom is 0.178 e. The Morgan fingerprint density at radius 1 is 1.39 bits per heavy atom. The fourth-order valence-corrected chi connectivity index (χ4v) is 3.53. The molecule has 0 radical (unpaired) electrons. The van der Waals surface area contributed by atoms with Crippen LogP contribution < -0.4 is 0 Å². The van der Waals surface area contributed by atoms with Crippen LogP contribution in [0.15, 0.2) is 12.1 Å². The normalized spacial score (nSPS) is 16.8. The highest BCUT2D eigenvalue weighted by Gasteiger charge is 2.17. The van der Waals surface area contributed by atoms with Gasteiger partial charge in [-0.1, -0.05) is 12.8 Å². The second kappa shape index (κ2) is 4.92. The number of aromatic nitrogens is 2. The summed E-state index contributed by atoms with van der Waals surface area (Å²) in [5.74, 6) is 0.523. The number of hydrogen-bond donors (Lipinski definition) is 1. The molecule has 1 aromatic heterocycles. The Bertz CT molecular complexity index is 640. The van der Waals surface area contributed by atoms with E-state index in [0.717, 1.165) is 17.6 Å². The van der Waals surface area contributed by atoms with E-state index in [1.807, 2.05) is 28.7 Å². The molecular weight excluding hydrogens is 362 g/mol. The molecule has 0 aliphatic heterocycles. The molecule has 1 heterocycles. The molecule has 1 aliphatic rings. The molecular formula is C13H14FIN2S. The van der Waals surface area contributed by atoms with E-state index in [2.05, 4.69) is 9.55 Å². The molecule has 0 bridgehead atoms. The third-order valence-corrected chi connectivity index (χ3v) is 4.88. The highest BCUT2D eigenvalue weighted by atomic mass is 127. The van der Waals surface area contributed by atoms with Crippen molar-refractivity contribution in [1.29, 1.82) is 0 Å². The van der Waals surface area contributed by atoms with Gasteiger partial charge in [-0.25, -0.2) is 4.39 Å². The molecule has 1 aromatic carbocycles. The van der Waals surface area contributed by atoms with Crippen molar-refractivity contribution in [2.75, 3.05) is 0 Å². The second-order valence-electron chi connectivity index (χ2n) is 4.97. The van der Waals surface area contributed by atoms with Gasteiger partial charge in [-0.15, -0.1) is 0 Å². The molecule has 0 unspecified atom stereocenters. The lowest BCUT2D eigenvalue weighted by Crippen LogP contribution is -2.07. The topological polar surface area (TPSA) is 20.7 Å². The summed E-state index contributed by atoms with van der Waals surface area (Å²) in [5, 5.41) is 0. The van der Waals surface area contributed by atoms with Crippen LogP contribution in [-0.4, -0.2) is 9.55 Å². The van der Waals surface area contributed by atoms with E-state index in [1.54, 1.807) is 6.07 Å². The fraction of sp³-hybridized carbons (Fsp3) is 0.462. The van der Waals surface area contributed by atoms with E-state index in [9.17, 15) is 4.39 Å². The molecule has 0 spiro atoms. The zero-order valence-electron chi connectivity index (χ0n) is 9.88. The number of H-pyrrole nitrogens is 1. The van der Waals surface area contributed by atoms with Gasteiger partial charge in [0.1, 0.15) is 5.82 Å². The maximum atomic E-state index is 13.7. The van der Waals surface area contributed by atoms with Crippen LogP contribution in [0.1, 0.15) is 25.7 Å². The molecule has 5 heteroatoms. The van der Waals surface area contributed by atoms with Crippen molar-refractivity contribution in [1.82, 2.24) is 9.55 Å². The lowest BCUT2D eigenvalue weighted by Gasteiger charge is -2.11. The summed E-state index contributed by atoms with van der Waals surface area (Å²) in [7, 11) is 0. The third kappa shape index (κ3) is 2.22. The number of halogens is 2. The van der Waals surface area contributed by atoms with Gasteiger partial charge in [-0.2, -0.15) is 0 Å². The molecule has 2 nitrogen and oxygen atoms in total. The van der Waals surface area contributed by atoms with Gasteiger partial charge in [0.2, 0.25) is 0 Å². The number of nitrogens with one attached hydrogen (secondary N) is 1. The Labute approximate surface area is 124 Å². The molecule has 1 aliphatic carbocycles. The smallest absolute Gasteiger partial charge is 0.178 e. The first kappa shape index (κ1) is 12.6. The van der Waals surface area contributed by atoms with E-state index in [0.29, 0.717) is 14.3 Å². The number of fused-ring (bicyclic) bond motifs is 1. The van der Waals surface area contributed by atoms with Gasteiger partial charge >= 0.3 is 0 Å². The highest BCUT2D eigenvalue weighted by molar-refractivity contribution is 14.1. The average molecular weight is 376 g/mol. The van der Waals surface area contributed by atoms with Crippen LogP contribution in [0.4, 0.5) is 4.39 Å². The number of aromatic amines is 1. The predicted octanol–water partition coefficient (Wildman–Crippen LogP) is 4.63. The van der Waals surface area contributed by atoms with Crippen LogP contribution in [0.3, 0.4) is 0 Å². The van der Waals surface area contributed by atoms with Gasteiger partial charge in [0, 0.05) is 12.6 Å². The number of benzene rings is 1. The van der Waals surface area contributed by atoms with Crippen molar-refractivity contribution < 1.29 is 4.39 Å². The minimum absolute atomic E-state index is 0.169. The van der Waals surface area contributed by atoms with Crippen LogP contribution >= 0.6 is 34.8 Å². The van der Waals surface area contributed by atoms with Crippen LogP contribution in [0.25, 0.3) is 11.0 Å². The predicted molar refractivity (Wildman–Crippen MR) is 81.8 cm³/mol. The summed E-state index contributed by atoms with van der Waals surface area (Å²) in [6, 6.07) is 3.42. The number of nitrogens with zero attached hydrogens (tertiary/aromatic N) is 1. The molecule has 96 valence electrons. The molecule has 1 fully saturated rings. The van der Waals surface area contributed by atoms with Gasteiger partial charge in [-0.05, 0) is 59.6 Å². The van der Waals surface area contributed by atoms with Crippen molar-refractivity contribution in [3.8, 4) is 0 Å². The number of hydrogen-bond acceptors (Lipinski definition) is 1. The number of rotatable bonds is 2. The largest absolute Gasteiger partial charge is 0.331 e. The Morgan fingerprint density at radius 2 is 2.11 bits per heavy atom. The van der Waals surface area contributed by atoms with Crippen molar-refractivity contribution in [2.24, 2.45) is 5.92 Å². The van der Waals surface area contributed by atoms with E-state index in [1.165, 1.54) is 25.7 Å². The standard InChI is InChI=1S/C13H14FIN2S/c14-9-5-12-11(6-10(9)15)16-13(18)17(12)7-8-3-1-2-4-8/h5-6,8H,1-4,7H2,(H,16,18). The van der Waals surface area contributed by atoms with E-state index < -0.39 is 0 Å². The molecule has 0 amide bonds. The summed E-state index contributed by atoms with van der Waals surface area (Å²) in [6.07, 6.45) is 5.15. The summed E-state index contributed by atoms with van der Waals surface area (Å²) in [6.45, 7) is 0.916. The minimum atomic E-state index is -0.169. The van der Waals surface area contributed by atoms with Crippen molar-refractivity contribution >= 4 is 45.8 Å². The quantitative estimate of drug-likeness (QED) is 0.599. The van der Waals surface area contributed by atoms with Crippen LogP contribution in [0, 0.1) is 20.1 Å². The van der Waals surface area contributed by atoms with E-state index in [-0.39, 0.29) is 5.82 Å². The van der Waals surface area contributed by atoms with Crippen molar-refractivity contribution in [3.63, 3.8) is 0 Å². The molecule has 18 heavy (non-hydrogen) atoms. The van der Waals surface area contributed by atoms with Gasteiger partial charge in [0.25, 0.3) is 0 Å². The van der Waals surface area contributed by atoms with Crippen molar-refractivity contribution in [3.05, 3.63) is 26.3 Å². The SMILES string of the molecule is Fc1cc2c(cc1I)[nH]c(=S)n2CC1CCCC1. The Morgan fingerprint density at radius 3 is 2.83 bits per heavy atom. The monoisotopic (exact) mass is 376 g/mol. The summed E-state index contributed by atoms with van der Waals surface area (Å²) >= 11 is 7.36. The highest BCUT2D eigenvalue weighted by Crippen LogP contribution is 2.28. The first-order valence-electron chi connectivity index (χ1n) is 6.22. The van der Waals surface area contributed by atoms with Crippen LogP contribution in [0.2, 0.25) is 0 Å². The average Bonchev–Trinajstić information content (AvgIpc) is 2.92. The molecule has 0 saturated heterocycles. The maximum absolute atomic E-state index is 13.7. The van der Waals surface area contributed by atoms with E-state index >= 15 is 0 Å². The van der Waals surface area contributed by atoms with Crippen molar-refractivity contribution in [2.45, 2.75) is 32.2 Å². The molecule has 0 atom stereocenters. The lowest BCUT2D eigenvalue weighted by molar-refractivity contribution is 0.461. The first-order valence-corrected chi connectivity index (χ1v) is 7.71. The first-order chi connectivity index (χ1) is 8.65. The third-order valence-electron chi connectivity index (χ3n) is 3.73. The van der Waals surface area contributed by atoms with Crippen LogP contribution in [-0.2, 0) is 6.54 Å². The molecule has 1 N–H and O–H groups in total. The molecule has 3 rings (SSSR count). The van der Waals surface area contributed by atoms with Gasteiger partial charge in [0.15, 0.2) is 4.77 Å². The van der Waals surface area contributed by atoms with Gasteiger partial charge in [0.05, 0.1) is 14.6 Å². The minimum Gasteiger partial charge on any atom is -0.331 e. The van der Waals surface area contributed by atoms with E-state index in [4.69, 9.17) is 12.2 Å². The van der Waals surface area contributed by atoms with Crippen LogP contribution in [0.5, 0.6) is 0 Å². The summed E-state index contributed by atoms with van der Waals surface area (Å²) in [4.78, 5) is 3.18. The second-order valence-corrected chi connectivity index (χ2v) is 6.52. The molecule has 1 saturated carbocycles. The molecule has 2 aromatic rings. The van der Waals surface area contributed by atoms with Gasteiger partial charge < -0.3 is 9.55 Å². The summed E-state index contributed by atoms with van der Waals surface area (Å²) < 4.78 is 17.1. The lowest BCUT2D eigenvalue weighted by atomic mass is 10.1. The Kier molecular flexibility index (Phi) is 3.44. The zero-order chi connectivity index (χ0) is 12.7. The van der Waals surface area contributed by atoms with Gasteiger partial charge in [-0.3, -0.25) is 0 Å². The Hall–Kier alpha value is -0.430. The Balaban J connectivity index is 2.07. The summed E-state index contributed by atoms with van der Waals surface area (Å²) in [5.41, 5.74) is 1.83.